The molecule has 0 bridgehead atoms. The smallest absolute Gasteiger partial charge is 0.0897 e. The normalized spacial score (nSPS) is 15.9. The van der Waals surface area contributed by atoms with E-state index in [2.05, 4.69) is 5.32 Å². The third-order valence-electron chi connectivity index (χ3n) is 2.96. The SMILES string of the molecule is CN(C)CC(C)(O)CNCC(O)COCc1ccccc1. The maximum absolute atomic E-state index is 10.1. The lowest BCUT2D eigenvalue weighted by Gasteiger charge is -2.27. The molecule has 0 spiro atoms. The summed E-state index contributed by atoms with van der Waals surface area (Å²) in [5, 5.41) is 23.0. The van der Waals surface area contributed by atoms with E-state index in [0.717, 1.165) is 5.56 Å². The van der Waals surface area contributed by atoms with Gasteiger partial charge in [0.25, 0.3) is 0 Å². The molecular weight excluding hydrogens is 268 g/mol. The van der Waals surface area contributed by atoms with E-state index in [1.54, 1.807) is 6.92 Å². The van der Waals surface area contributed by atoms with Crippen molar-refractivity contribution in [1.29, 1.82) is 0 Å². The van der Waals surface area contributed by atoms with Crippen LogP contribution in [-0.4, -0.2) is 67.2 Å². The molecule has 0 amide bonds. The first-order valence-corrected chi connectivity index (χ1v) is 7.26. The second kappa shape index (κ2) is 9.12. The van der Waals surface area contributed by atoms with Gasteiger partial charge >= 0.3 is 0 Å². The summed E-state index contributed by atoms with van der Waals surface area (Å²) in [4.78, 5) is 1.93. The first-order chi connectivity index (χ1) is 9.89. The van der Waals surface area contributed by atoms with Crippen LogP contribution in [0.2, 0.25) is 0 Å². The molecular formula is C16H28N2O3. The summed E-state index contributed by atoms with van der Waals surface area (Å²) in [5.41, 5.74) is 0.278. The first kappa shape index (κ1) is 18.1. The van der Waals surface area contributed by atoms with Crippen LogP contribution in [-0.2, 0) is 11.3 Å². The van der Waals surface area contributed by atoms with E-state index in [4.69, 9.17) is 4.74 Å². The number of benzene rings is 1. The largest absolute Gasteiger partial charge is 0.389 e. The van der Waals surface area contributed by atoms with Gasteiger partial charge < -0.3 is 25.2 Å². The molecule has 0 heterocycles. The standard InChI is InChI=1S/C16H28N2O3/c1-16(20,13-18(2)3)12-17-9-15(19)11-21-10-14-7-5-4-6-8-14/h4-8,15,17,19-20H,9-13H2,1-3H3. The van der Waals surface area contributed by atoms with Crippen LogP contribution >= 0.6 is 0 Å². The maximum Gasteiger partial charge on any atom is 0.0897 e. The summed E-state index contributed by atoms with van der Waals surface area (Å²) in [6.45, 7) is 3.95. The second-order valence-electron chi connectivity index (χ2n) is 6.02. The molecule has 2 atom stereocenters. The molecule has 120 valence electrons. The quantitative estimate of drug-likeness (QED) is 0.586. The summed E-state index contributed by atoms with van der Waals surface area (Å²) in [6, 6.07) is 9.86. The molecule has 0 saturated heterocycles. The average Bonchev–Trinajstić information content (AvgIpc) is 2.38. The number of aliphatic hydroxyl groups excluding tert-OH is 1. The molecule has 1 aromatic carbocycles. The lowest BCUT2D eigenvalue weighted by atomic mass is 10.1. The number of hydrogen-bond acceptors (Lipinski definition) is 5. The number of aliphatic hydroxyl groups is 2. The molecule has 5 heteroatoms. The minimum atomic E-state index is -0.811. The van der Waals surface area contributed by atoms with E-state index in [1.165, 1.54) is 0 Å². The molecule has 1 aromatic rings. The van der Waals surface area contributed by atoms with Crippen molar-refractivity contribution in [3.05, 3.63) is 35.9 Å². The van der Waals surface area contributed by atoms with Gasteiger partial charge in [-0.05, 0) is 26.6 Å². The Labute approximate surface area is 127 Å². The van der Waals surface area contributed by atoms with E-state index in [0.29, 0.717) is 26.2 Å². The third kappa shape index (κ3) is 8.80. The zero-order valence-electron chi connectivity index (χ0n) is 13.2. The highest BCUT2D eigenvalue weighted by Crippen LogP contribution is 2.03. The second-order valence-corrected chi connectivity index (χ2v) is 6.02. The highest BCUT2D eigenvalue weighted by molar-refractivity contribution is 5.13. The van der Waals surface area contributed by atoms with Crippen LogP contribution in [0.1, 0.15) is 12.5 Å². The molecule has 0 aliphatic heterocycles. The highest BCUT2D eigenvalue weighted by atomic mass is 16.5. The fraction of sp³-hybridized carbons (Fsp3) is 0.625. The highest BCUT2D eigenvalue weighted by Gasteiger charge is 2.21. The number of hydrogen-bond donors (Lipinski definition) is 3. The van der Waals surface area contributed by atoms with E-state index in [9.17, 15) is 10.2 Å². The van der Waals surface area contributed by atoms with Crippen molar-refractivity contribution < 1.29 is 14.9 Å². The topological polar surface area (TPSA) is 65.0 Å². The van der Waals surface area contributed by atoms with Crippen LogP contribution in [0.5, 0.6) is 0 Å². The molecule has 0 aliphatic rings. The third-order valence-corrected chi connectivity index (χ3v) is 2.96. The van der Waals surface area contributed by atoms with Crippen LogP contribution in [0.25, 0.3) is 0 Å². The van der Waals surface area contributed by atoms with Gasteiger partial charge in [-0.1, -0.05) is 30.3 Å². The van der Waals surface area contributed by atoms with Gasteiger partial charge in [0, 0.05) is 19.6 Å². The van der Waals surface area contributed by atoms with Gasteiger partial charge in [-0.15, -0.1) is 0 Å². The molecule has 3 N–H and O–H groups in total. The van der Waals surface area contributed by atoms with Crippen molar-refractivity contribution in [2.75, 3.05) is 40.3 Å². The minimum absolute atomic E-state index is 0.276. The molecule has 5 nitrogen and oxygen atoms in total. The van der Waals surface area contributed by atoms with Crippen LogP contribution in [0, 0.1) is 0 Å². The van der Waals surface area contributed by atoms with Crippen LogP contribution < -0.4 is 5.32 Å². The van der Waals surface area contributed by atoms with Gasteiger partial charge in [-0.3, -0.25) is 0 Å². The Morgan fingerprint density at radius 1 is 1.29 bits per heavy atom. The number of likely N-dealkylation sites (N-methyl/N-ethyl adjacent to an activating group) is 1. The maximum atomic E-state index is 10.1. The van der Waals surface area contributed by atoms with Gasteiger partial charge in [-0.2, -0.15) is 0 Å². The number of ether oxygens (including phenoxy) is 1. The van der Waals surface area contributed by atoms with Crippen LogP contribution in [0.4, 0.5) is 0 Å². The Balaban J connectivity index is 2.12. The molecule has 0 radical (unpaired) electrons. The summed E-state index contributed by atoms with van der Waals surface area (Å²) in [5.74, 6) is 0. The Morgan fingerprint density at radius 2 is 1.95 bits per heavy atom. The fourth-order valence-corrected chi connectivity index (χ4v) is 2.19. The predicted octanol–water partition coefficient (Wildman–Crippen LogP) is 0.466. The van der Waals surface area contributed by atoms with Crippen molar-refractivity contribution in [3.63, 3.8) is 0 Å². The molecule has 0 aromatic heterocycles. The summed E-state index contributed by atoms with van der Waals surface area (Å²) < 4.78 is 5.47. The molecule has 2 unspecified atom stereocenters. The van der Waals surface area contributed by atoms with Gasteiger partial charge in [0.1, 0.15) is 0 Å². The zero-order valence-corrected chi connectivity index (χ0v) is 13.2. The van der Waals surface area contributed by atoms with Gasteiger partial charge in [0.15, 0.2) is 0 Å². The average molecular weight is 296 g/mol. The molecule has 0 fully saturated rings. The van der Waals surface area contributed by atoms with E-state index < -0.39 is 11.7 Å². The fourth-order valence-electron chi connectivity index (χ4n) is 2.19. The van der Waals surface area contributed by atoms with Gasteiger partial charge in [0.05, 0.1) is 24.9 Å². The number of nitrogens with one attached hydrogen (secondary N) is 1. The monoisotopic (exact) mass is 296 g/mol. The summed E-state index contributed by atoms with van der Waals surface area (Å²) in [7, 11) is 3.83. The summed E-state index contributed by atoms with van der Waals surface area (Å²) >= 11 is 0. The number of nitrogens with zero attached hydrogens (tertiary/aromatic N) is 1. The molecule has 0 saturated carbocycles. The van der Waals surface area contributed by atoms with Crippen molar-refractivity contribution in [3.8, 4) is 0 Å². The van der Waals surface area contributed by atoms with Crippen LogP contribution in [0.3, 0.4) is 0 Å². The lowest BCUT2D eigenvalue weighted by molar-refractivity contribution is 0.0140. The molecule has 0 aliphatic carbocycles. The Kier molecular flexibility index (Phi) is 7.85. The van der Waals surface area contributed by atoms with E-state index in [-0.39, 0.29) is 6.61 Å². The van der Waals surface area contributed by atoms with E-state index >= 15 is 0 Å². The van der Waals surface area contributed by atoms with Crippen molar-refractivity contribution in [2.24, 2.45) is 0 Å². The minimum Gasteiger partial charge on any atom is -0.389 e. The van der Waals surface area contributed by atoms with Gasteiger partial charge in [-0.25, -0.2) is 0 Å². The Bertz CT molecular complexity index is 382. The number of rotatable bonds is 10. The Hall–Kier alpha value is -0.980. The van der Waals surface area contributed by atoms with Crippen LogP contribution in [0.15, 0.2) is 30.3 Å². The molecule has 1 rings (SSSR count). The zero-order chi connectivity index (χ0) is 15.7. The summed E-state index contributed by atoms with van der Waals surface area (Å²) in [6.07, 6.45) is -0.580. The van der Waals surface area contributed by atoms with E-state index in [1.807, 2.05) is 49.3 Å². The van der Waals surface area contributed by atoms with Crippen molar-refractivity contribution in [2.45, 2.75) is 25.2 Å². The lowest BCUT2D eigenvalue weighted by Crippen LogP contribution is -2.47. The van der Waals surface area contributed by atoms with Crippen molar-refractivity contribution in [1.82, 2.24) is 10.2 Å². The predicted molar refractivity (Wildman–Crippen MR) is 84.2 cm³/mol. The van der Waals surface area contributed by atoms with Crippen molar-refractivity contribution >= 4 is 0 Å². The molecule has 21 heavy (non-hydrogen) atoms. The Morgan fingerprint density at radius 3 is 2.57 bits per heavy atom. The first-order valence-electron chi connectivity index (χ1n) is 7.26. The van der Waals surface area contributed by atoms with Gasteiger partial charge in [0.2, 0.25) is 0 Å².